The van der Waals surface area contributed by atoms with Gasteiger partial charge in [-0.3, -0.25) is 19.1 Å². The third-order valence-corrected chi connectivity index (χ3v) is 7.09. The molecule has 1 N–H and O–H groups in total. The number of alkyl halides is 3. The van der Waals surface area contributed by atoms with E-state index in [-0.39, 0.29) is 37.8 Å². The smallest absolute Gasteiger partial charge is 0.459 e. The molecule has 1 aromatic carbocycles. The number of hydrogen-bond acceptors (Lipinski definition) is 10. The molecular weight excluding hydrogens is 647 g/mol. The van der Waals surface area contributed by atoms with Gasteiger partial charge in [0.1, 0.15) is 18.0 Å². The lowest BCUT2D eigenvalue weighted by Crippen LogP contribution is -2.28. The van der Waals surface area contributed by atoms with Crippen molar-refractivity contribution in [2.75, 3.05) is 26.4 Å². The highest BCUT2D eigenvalue weighted by Crippen LogP contribution is 2.37. The van der Waals surface area contributed by atoms with E-state index in [1.165, 1.54) is 17.5 Å². The molecule has 0 saturated heterocycles. The summed E-state index contributed by atoms with van der Waals surface area (Å²) in [5.41, 5.74) is 3.40. The van der Waals surface area contributed by atoms with Crippen LogP contribution in [0.4, 0.5) is 13.2 Å². The van der Waals surface area contributed by atoms with Gasteiger partial charge in [0.05, 0.1) is 19.8 Å². The number of halogens is 3. The maximum absolute atomic E-state index is 12.8. The van der Waals surface area contributed by atoms with Gasteiger partial charge in [0.15, 0.2) is 17.1 Å². The molecule has 49 heavy (non-hydrogen) atoms. The standard InChI is InChI=1S/C33H34F3N7O6/c1-19(44)26-17-42(18-30(45)49-32(3,4)5)28-11-24(23(10-25(26)28)21-13-38-20(2)39-14-21)22-15-40-29-12-27(41-43(29)16-22)31(46)37-6-7-47-8-9-48-33(34,35)36/h10-17H,6-9,18H2,1-5H3,(H,37,46). The normalized spacial score (nSPS) is 12.1. The van der Waals surface area contributed by atoms with E-state index in [4.69, 9.17) is 9.47 Å². The number of ketones is 1. The zero-order valence-electron chi connectivity index (χ0n) is 27.4. The van der Waals surface area contributed by atoms with Crippen LogP contribution in [0.25, 0.3) is 38.8 Å². The predicted octanol–water partition coefficient (Wildman–Crippen LogP) is 4.94. The highest BCUT2D eigenvalue weighted by molar-refractivity contribution is 6.09. The fourth-order valence-corrected chi connectivity index (χ4v) is 5.04. The van der Waals surface area contributed by atoms with Gasteiger partial charge in [-0.2, -0.15) is 5.10 Å². The Labute approximate surface area is 278 Å². The van der Waals surface area contributed by atoms with Gasteiger partial charge in [-0.15, -0.1) is 13.2 Å². The molecule has 0 saturated carbocycles. The van der Waals surface area contributed by atoms with E-state index in [9.17, 15) is 27.6 Å². The van der Waals surface area contributed by atoms with Crippen LogP contribution in [0, 0.1) is 6.92 Å². The number of nitrogens with zero attached hydrogens (tertiary/aromatic N) is 6. The summed E-state index contributed by atoms with van der Waals surface area (Å²) < 4.78 is 53.5. The van der Waals surface area contributed by atoms with E-state index in [0.29, 0.717) is 50.2 Å². The number of aryl methyl sites for hydroxylation is 1. The van der Waals surface area contributed by atoms with Crippen molar-refractivity contribution >= 4 is 34.2 Å². The van der Waals surface area contributed by atoms with E-state index >= 15 is 0 Å². The Morgan fingerprint density at radius 1 is 0.898 bits per heavy atom. The minimum absolute atomic E-state index is 0.0301. The second-order valence-corrected chi connectivity index (χ2v) is 12.1. The second kappa shape index (κ2) is 14.1. The highest BCUT2D eigenvalue weighted by Gasteiger charge is 2.28. The molecule has 16 heteroatoms. The van der Waals surface area contributed by atoms with Crippen LogP contribution in [0.1, 0.15) is 54.4 Å². The van der Waals surface area contributed by atoms with Crippen molar-refractivity contribution in [1.82, 2.24) is 34.4 Å². The molecule has 5 rings (SSSR count). The summed E-state index contributed by atoms with van der Waals surface area (Å²) in [5, 5.41) is 7.60. The predicted molar refractivity (Wildman–Crippen MR) is 171 cm³/mol. The molecule has 0 atom stereocenters. The molecule has 0 aliphatic rings. The van der Waals surface area contributed by atoms with Crippen LogP contribution < -0.4 is 5.32 Å². The van der Waals surface area contributed by atoms with Crippen LogP contribution >= 0.6 is 0 Å². The number of nitrogens with one attached hydrogen (secondary N) is 1. The van der Waals surface area contributed by atoms with Crippen LogP contribution in [-0.4, -0.2) is 85.1 Å². The van der Waals surface area contributed by atoms with E-state index in [0.717, 1.165) is 0 Å². The van der Waals surface area contributed by atoms with Gasteiger partial charge in [-0.1, -0.05) is 0 Å². The summed E-state index contributed by atoms with van der Waals surface area (Å²) in [6.07, 6.45) is 3.56. The van der Waals surface area contributed by atoms with Gasteiger partial charge in [-0.25, -0.2) is 19.5 Å². The first kappa shape index (κ1) is 35.1. The van der Waals surface area contributed by atoms with Crippen LogP contribution in [0.2, 0.25) is 0 Å². The molecule has 0 bridgehead atoms. The summed E-state index contributed by atoms with van der Waals surface area (Å²) in [6.45, 7) is 7.48. The number of fused-ring (bicyclic) bond motifs is 2. The Balaban J connectivity index is 1.47. The third-order valence-electron chi connectivity index (χ3n) is 7.09. The average molecular weight is 682 g/mol. The molecule has 258 valence electrons. The Morgan fingerprint density at radius 3 is 2.27 bits per heavy atom. The van der Waals surface area contributed by atoms with Crippen molar-refractivity contribution in [2.45, 2.75) is 53.1 Å². The van der Waals surface area contributed by atoms with Crippen LogP contribution in [-0.2, 0) is 25.5 Å². The number of carbonyl (C=O) groups excluding carboxylic acids is 3. The number of rotatable bonds is 12. The molecule has 0 unspecified atom stereocenters. The van der Waals surface area contributed by atoms with E-state index < -0.39 is 30.4 Å². The number of aromatic nitrogens is 6. The number of amides is 1. The van der Waals surface area contributed by atoms with Crippen molar-refractivity contribution in [3.8, 4) is 22.3 Å². The van der Waals surface area contributed by atoms with Gasteiger partial charge in [0.25, 0.3) is 5.91 Å². The summed E-state index contributed by atoms with van der Waals surface area (Å²) in [6, 6.07) is 5.19. The van der Waals surface area contributed by atoms with Crippen LogP contribution in [0.5, 0.6) is 0 Å². The molecule has 0 radical (unpaired) electrons. The largest absolute Gasteiger partial charge is 0.522 e. The minimum Gasteiger partial charge on any atom is -0.459 e. The number of ether oxygens (including phenoxy) is 3. The first-order chi connectivity index (χ1) is 23.1. The Hall–Kier alpha value is -5.22. The summed E-state index contributed by atoms with van der Waals surface area (Å²) in [4.78, 5) is 51.5. The maximum Gasteiger partial charge on any atom is 0.522 e. The van der Waals surface area contributed by atoms with Gasteiger partial charge in [-0.05, 0) is 57.9 Å². The van der Waals surface area contributed by atoms with E-state index in [1.54, 1.807) is 63.2 Å². The molecule has 1 amide bonds. The maximum atomic E-state index is 12.8. The van der Waals surface area contributed by atoms with Crippen molar-refractivity contribution in [3.05, 3.63) is 66.3 Å². The fourth-order valence-electron chi connectivity index (χ4n) is 5.04. The van der Waals surface area contributed by atoms with Gasteiger partial charge in [0, 0.05) is 71.2 Å². The summed E-state index contributed by atoms with van der Waals surface area (Å²) in [7, 11) is 0. The van der Waals surface area contributed by atoms with Crippen molar-refractivity contribution < 1.29 is 41.8 Å². The van der Waals surface area contributed by atoms with E-state index in [1.807, 2.05) is 12.1 Å². The quantitative estimate of drug-likeness (QED) is 0.109. The number of Topliss-reactive ketones (excluding diaryl/α,β-unsaturated/α-hetero) is 1. The molecule has 13 nitrogen and oxygen atoms in total. The molecular formula is C33H34F3N7O6. The molecule has 0 spiro atoms. The molecule has 4 heterocycles. The molecule has 5 aromatic rings. The van der Waals surface area contributed by atoms with Gasteiger partial charge >= 0.3 is 12.3 Å². The van der Waals surface area contributed by atoms with Crippen LogP contribution in [0.3, 0.4) is 0 Å². The van der Waals surface area contributed by atoms with E-state index in [2.05, 4.69) is 30.1 Å². The van der Waals surface area contributed by atoms with Crippen molar-refractivity contribution in [2.24, 2.45) is 0 Å². The topological polar surface area (TPSA) is 152 Å². The van der Waals surface area contributed by atoms with Crippen LogP contribution in [0.15, 0.2) is 49.2 Å². The third kappa shape index (κ3) is 8.83. The second-order valence-electron chi connectivity index (χ2n) is 12.1. The fraction of sp³-hybridized carbons (Fsp3) is 0.364. The minimum atomic E-state index is -4.73. The molecule has 0 aliphatic carbocycles. The Bertz CT molecular complexity index is 2010. The van der Waals surface area contributed by atoms with Gasteiger partial charge < -0.3 is 19.4 Å². The summed E-state index contributed by atoms with van der Waals surface area (Å²) >= 11 is 0. The van der Waals surface area contributed by atoms with Gasteiger partial charge in [0.2, 0.25) is 0 Å². The Kier molecular flexibility index (Phi) is 10.1. The summed E-state index contributed by atoms with van der Waals surface area (Å²) in [5.74, 6) is -0.603. The zero-order chi connectivity index (χ0) is 35.5. The Morgan fingerprint density at radius 2 is 1.59 bits per heavy atom. The molecule has 0 aliphatic heterocycles. The monoisotopic (exact) mass is 681 g/mol. The SMILES string of the molecule is CC(=O)c1cn(CC(=O)OC(C)(C)C)c2cc(-c3cnc4cc(C(=O)NCCOCCOC(F)(F)F)nn4c3)c(-c3cnc(C)nc3)cc12. The number of carbonyl (C=O) groups is 3. The first-order valence-electron chi connectivity index (χ1n) is 15.2. The molecule has 0 fully saturated rings. The number of hydrogen-bond donors (Lipinski definition) is 1. The average Bonchev–Trinajstić information content (AvgIpc) is 3.60. The van der Waals surface area contributed by atoms with Crippen molar-refractivity contribution in [1.29, 1.82) is 0 Å². The highest BCUT2D eigenvalue weighted by atomic mass is 19.4. The lowest BCUT2D eigenvalue weighted by Gasteiger charge is -2.20. The first-order valence-corrected chi connectivity index (χ1v) is 15.2. The van der Waals surface area contributed by atoms with Crippen molar-refractivity contribution in [3.63, 3.8) is 0 Å². The zero-order valence-corrected chi connectivity index (χ0v) is 27.4. The lowest BCUT2D eigenvalue weighted by molar-refractivity contribution is -0.327. The lowest BCUT2D eigenvalue weighted by atomic mass is 9.94. The number of benzene rings is 1. The molecule has 4 aromatic heterocycles. The number of esters is 1.